The van der Waals surface area contributed by atoms with Crippen LogP contribution < -0.4 is 10.2 Å². The summed E-state index contributed by atoms with van der Waals surface area (Å²) >= 11 is 0. The lowest BCUT2D eigenvalue weighted by atomic mass is 9.96. The monoisotopic (exact) mass is 354 g/mol. The van der Waals surface area contributed by atoms with E-state index in [4.69, 9.17) is 9.72 Å². The van der Waals surface area contributed by atoms with Gasteiger partial charge >= 0.3 is 0 Å². The van der Waals surface area contributed by atoms with Gasteiger partial charge in [-0.1, -0.05) is 0 Å². The molecule has 0 aliphatic carbocycles. The van der Waals surface area contributed by atoms with E-state index in [1.807, 2.05) is 12.3 Å². The van der Waals surface area contributed by atoms with E-state index in [1.165, 1.54) is 6.33 Å². The van der Waals surface area contributed by atoms with Gasteiger partial charge in [0.15, 0.2) is 0 Å². The highest BCUT2D eigenvalue weighted by Crippen LogP contribution is 2.26. The number of aromatic nitrogens is 4. The molecule has 1 unspecified atom stereocenters. The van der Waals surface area contributed by atoms with Crippen LogP contribution in [0, 0.1) is 0 Å². The van der Waals surface area contributed by atoms with Crippen molar-refractivity contribution < 1.29 is 9.53 Å². The third kappa shape index (κ3) is 3.80. The number of carbonyl (C=O) groups is 1. The van der Waals surface area contributed by atoms with Crippen LogP contribution in [0.2, 0.25) is 0 Å². The zero-order chi connectivity index (χ0) is 17.8. The molecule has 2 saturated heterocycles. The quantitative estimate of drug-likeness (QED) is 0.881. The van der Waals surface area contributed by atoms with Crippen molar-refractivity contribution in [3.8, 4) is 0 Å². The van der Waals surface area contributed by atoms with E-state index in [0.717, 1.165) is 50.7 Å². The lowest BCUT2D eigenvalue weighted by Crippen LogP contribution is -2.37. The molecule has 8 heteroatoms. The van der Waals surface area contributed by atoms with E-state index in [2.05, 4.69) is 25.2 Å². The van der Waals surface area contributed by atoms with Gasteiger partial charge in [-0.3, -0.25) is 4.79 Å². The average Bonchev–Trinajstić information content (AvgIpc) is 3.18. The van der Waals surface area contributed by atoms with Gasteiger partial charge in [-0.25, -0.2) is 19.9 Å². The summed E-state index contributed by atoms with van der Waals surface area (Å²) in [5.41, 5.74) is 1.47. The lowest BCUT2D eigenvalue weighted by molar-refractivity contribution is 0.0845. The van der Waals surface area contributed by atoms with Gasteiger partial charge in [-0.15, -0.1) is 0 Å². The molecule has 0 spiro atoms. The average molecular weight is 354 g/mol. The first-order valence-electron chi connectivity index (χ1n) is 9.02. The third-order valence-electron chi connectivity index (χ3n) is 4.92. The van der Waals surface area contributed by atoms with E-state index in [0.29, 0.717) is 18.2 Å². The van der Waals surface area contributed by atoms with Gasteiger partial charge in [0, 0.05) is 56.4 Å². The molecule has 0 aromatic carbocycles. The largest absolute Gasteiger partial charge is 0.381 e. The number of carbonyl (C=O) groups excluding carboxylic acids is 1. The highest BCUT2D eigenvalue weighted by Gasteiger charge is 2.27. The van der Waals surface area contributed by atoms with Crippen molar-refractivity contribution in [2.24, 2.45) is 0 Å². The Kier molecular flexibility index (Phi) is 5.01. The minimum atomic E-state index is -0.170. The van der Waals surface area contributed by atoms with Gasteiger partial charge in [0.2, 0.25) is 5.95 Å². The van der Waals surface area contributed by atoms with Crippen molar-refractivity contribution >= 4 is 11.9 Å². The molecule has 2 aliphatic rings. The van der Waals surface area contributed by atoms with Crippen LogP contribution in [0.1, 0.15) is 41.4 Å². The second-order valence-corrected chi connectivity index (χ2v) is 6.67. The maximum Gasteiger partial charge on any atom is 0.270 e. The molecule has 136 valence electrons. The summed E-state index contributed by atoms with van der Waals surface area (Å²) in [6.45, 7) is 3.12. The fourth-order valence-electron chi connectivity index (χ4n) is 3.48. The summed E-state index contributed by atoms with van der Waals surface area (Å²) < 4.78 is 5.44. The Hall–Kier alpha value is -2.61. The molecule has 2 aromatic rings. The minimum absolute atomic E-state index is 0.0628. The van der Waals surface area contributed by atoms with Crippen molar-refractivity contribution in [2.75, 3.05) is 31.2 Å². The zero-order valence-electron chi connectivity index (χ0n) is 14.5. The Balaban J connectivity index is 1.38. The number of rotatable bonds is 4. The van der Waals surface area contributed by atoms with Crippen molar-refractivity contribution in [1.29, 1.82) is 0 Å². The first-order chi connectivity index (χ1) is 12.8. The molecule has 2 fully saturated rings. The molecule has 4 rings (SSSR count). The predicted octanol–water partition coefficient (Wildman–Crippen LogP) is 1.17. The SMILES string of the molecule is O=C(NC1CCN(c2nccc(C3CCOCC3)n2)C1)c1ccncn1. The number of ether oxygens (including phenoxy) is 1. The molecule has 4 heterocycles. The van der Waals surface area contributed by atoms with Gasteiger partial charge in [-0.2, -0.15) is 0 Å². The smallest absolute Gasteiger partial charge is 0.270 e. The molecule has 0 bridgehead atoms. The fourth-order valence-corrected chi connectivity index (χ4v) is 3.48. The Bertz CT molecular complexity index is 750. The van der Waals surface area contributed by atoms with E-state index >= 15 is 0 Å². The number of anilines is 1. The predicted molar refractivity (Wildman–Crippen MR) is 94.9 cm³/mol. The molecule has 2 aromatic heterocycles. The Morgan fingerprint density at radius 1 is 1.15 bits per heavy atom. The van der Waals surface area contributed by atoms with Crippen LogP contribution in [0.15, 0.2) is 30.9 Å². The molecule has 1 N–H and O–H groups in total. The number of amides is 1. The molecule has 1 atom stereocenters. The summed E-state index contributed by atoms with van der Waals surface area (Å²) in [7, 11) is 0. The fraction of sp³-hybridized carbons (Fsp3) is 0.500. The normalized spacial score (nSPS) is 20.9. The Morgan fingerprint density at radius 2 is 2.04 bits per heavy atom. The number of hydrogen-bond acceptors (Lipinski definition) is 7. The highest BCUT2D eigenvalue weighted by molar-refractivity contribution is 5.92. The Morgan fingerprint density at radius 3 is 2.85 bits per heavy atom. The molecular formula is C18H22N6O2. The van der Waals surface area contributed by atoms with Crippen LogP contribution in [0.3, 0.4) is 0 Å². The van der Waals surface area contributed by atoms with E-state index in [9.17, 15) is 4.79 Å². The number of nitrogens with one attached hydrogen (secondary N) is 1. The molecule has 0 saturated carbocycles. The molecule has 0 radical (unpaired) electrons. The van der Waals surface area contributed by atoms with Crippen LogP contribution in [-0.4, -0.2) is 58.2 Å². The van der Waals surface area contributed by atoms with Crippen LogP contribution in [0.4, 0.5) is 5.95 Å². The molecule has 1 amide bonds. The molecule has 26 heavy (non-hydrogen) atoms. The van der Waals surface area contributed by atoms with E-state index in [1.54, 1.807) is 12.3 Å². The second kappa shape index (κ2) is 7.74. The number of nitrogens with zero attached hydrogens (tertiary/aromatic N) is 5. The summed E-state index contributed by atoms with van der Waals surface area (Å²) in [4.78, 5) is 31.4. The minimum Gasteiger partial charge on any atom is -0.381 e. The maximum absolute atomic E-state index is 12.2. The van der Waals surface area contributed by atoms with Crippen molar-refractivity contribution in [1.82, 2.24) is 25.3 Å². The highest BCUT2D eigenvalue weighted by atomic mass is 16.5. The van der Waals surface area contributed by atoms with Gasteiger partial charge in [0.05, 0.1) is 0 Å². The van der Waals surface area contributed by atoms with Gasteiger partial charge in [-0.05, 0) is 31.4 Å². The number of hydrogen-bond donors (Lipinski definition) is 1. The van der Waals surface area contributed by atoms with Crippen LogP contribution in [-0.2, 0) is 4.74 Å². The lowest BCUT2D eigenvalue weighted by Gasteiger charge is -2.23. The van der Waals surface area contributed by atoms with Gasteiger partial charge < -0.3 is 15.0 Å². The first kappa shape index (κ1) is 16.8. The topological polar surface area (TPSA) is 93.1 Å². The summed E-state index contributed by atoms with van der Waals surface area (Å²) in [6.07, 6.45) is 7.66. The molecule has 2 aliphatic heterocycles. The van der Waals surface area contributed by atoms with Crippen molar-refractivity contribution in [3.63, 3.8) is 0 Å². The van der Waals surface area contributed by atoms with E-state index < -0.39 is 0 Å². The first-order valence-corrected chi connectivity index (χ1v) is 9.02. The third-order valence-corrected chi connectivity index (χ3v) is 4.92. The van der Waals surface area contributed by atoms with Crippen LogP contribution in [0.25, 0.3) is 0 Å². The van der Waals surface area contributed by atoms with Crippen LogP contribution in [0.5, 0.6) is 0 Å². The van der Waals surface area contributed by atoms with Crippen molar-refractivity contribution in [2.45, 2.75) is 31.2 Å². The standard InChI is InChI=1S/C18H22N6O2/c25-17(16-1-6-19-12-21-16)22-14-3-8-24(11-14)18-20-7-2-15(23-18)13-4-9-26-10-5-13/h1-2,6-7,12-14H,3-5,8-11H2,(H,22,25). The Labute approximate surface area is 152 Å². The zero-order valence-corrected chi connectivity index (χ0v) is 14.5. The second-order valence-electron chi connectivity index (χ2n) is 6.67. The van der Waals surface area contributed by atoms with Crippen molar-refractivity contribution in [3.05, 3.63) is 42.2 Å². The molecular weight excluding hydrogens is 332 g/mol. The summed E-state index contributed by atoms with van der Waals surface area (Å²) in [6, 6.07) is 3.68. The van der Waals surface area contributed by atoms with Gasteiger partial charge in [0.1, 0.15) is 12.0 Å². The van der Waals surface area contributed by atoms with Gasteiger partial charge in [0.25, 0.3) is 5.91 Å². The summed E-state index contributed by atoms with van der Waals surface area (Å²) in [5, 5.41) is 3.03. The van der Waals surface area contributed by atoms with E-state index in [-0.39, 0.29) is 11.9 Å². The summed E-state index contributed by atoms with van der Waals surface area (Å²) in [5.74, 6) is 1.02. The molecule has 8 nitrogen and oxygen atoms in total. The van der Waals surface area contributed by atoms with Crippen LogP contribution >= 0.6 is 0 Å². The maximum atomic E-state index is 12.2.